The summed E-state index contributed by atoms with van der Waals surface area (Å²) in [6.45, 7) is 6.35. The number of methoxy groups -OCH3 is 1. The summed E-state index contributed by atoms with van der Waals surface area (Å²) < 4.78 is 39.8. The predicted octanol–water partition coefficient (Wildman–Crippen LogP) is 5.53. The summed E-state index contributed by atoms with van der Waals surface area (Å²) in [6.07, 6.45) is 0.338. The summed E-state index contributed by atoms with van der Waals surface area (Å²) in [5.41, 5.74) is 5.75. The van der Waals surface area contributed by atoms with Gasteiger partial charge in [-0.3, -0.25) is 4.72 Å². The first-order valence-corrected chi connectivity index (χ1v) is 13.0. The molecule has 0 saturated heterocycles. The van der Waals surface area contributed by atoms with Gasteiger partial charge in [0.2, 0.25) is 0 Å². The van der Waals surface area contributed by atoms with Gasteiger partial charge in [0.05, 0.1) is 29.7 Å². The molecule has 3 aromatic rings. The van der Waals surface area contributed by atoms with Crippen molar-refractivity contribution < 1.29 is 22.7 Å². The number of sulfonamides is 1. The van der Waals surface area contributed by atoms with E-state index >= 15 is 0 Å². The number of fused-ring (bicyclic) bond motifs is 1. The van der Waals surface area contributed by atoms with E-state index in [2.05, 4.69) is 10.0 Å². The van der Waals surface area contributed by atoms with E-state index in [0.717, 1.165) is 27.9 Å². The average Bonchev–Trinajstić information content (AvgIpc) is 2.85. The first-order chi connectivity index (χ1) is 16.7. The van der Waals surface area contributed by atoms with E-state index < -0.39 is 10.0 Å². The minimum absolute atomic E-state index is 0.0538. The standard InChI is InChI=1S/C27H30N2O5S/c1-5-34-26-16-25(19-7-9-20(10-8-19)27(30)33-4)28-24-13-12-22(15-23(24)26)35(31,32)29-21-11-6-17(2)18(3)14-21/h6-15,25-26,28-29H,5,16H2,1-4H3/t25-,26+/m1/s1. The fourth-order valence-electron chi connectivity index (χ4n) is 4.26. The molecule has 0 radical (unpaired) electrons. The Labute approximate surface area is 206 Å². The lowest BCUT2D eigenvalue weighted by atomic mass is 9.90. The molecule has 1 aliphatic rings. The van der Waals surface area contributed by atoms with Crippen LogP contribution in [0.1, 0.15) is 58.1 Å². The summed E-state index contributed by atoms with van der Waals surface area (Å²) in [4.78, 5) is 11.9. The molecule has 0 saturated carbocycles. The quantitative estimate of drug-likeness (QED) is 0.420. The maximum absolute atomic E-state index is 13.1. The van der Waals surface area contributed by atoms with E-state index in [0.29, 0.717) is 24.3 Å². The third-order valence-electron chi connectivity index (χ3n) is 6.32. The molecule has 0 unspecified atom stereocenters. The van der Waals surface area contributed by atoms with Gasteiger partial charge in [-0.25, -0.2) is 13.2 Å². The van der Waals surface area contributed by atoms with E-state index in [9.17, 15) is 13.2 Å². The molecule has 1 heterocycles. The van der Waals surface area contributed by atoms with Crippen molar-refractivity contribution in [2.75, 3.05) is 23.8 Å². The Morgan fingerprint density at radius 2 is 1.77 bits per heavy atom. The molecule has 184 valence electrons. The van der Waals surface area contributed by atoms with Crippen LogP contribution in [0.5, 0.6) is 0 Å². The van der Waals surface area contributed by atoms with Crippen LogP contribution in [0.2, 0.25) is 0 Å². The molecular weight excluding hydrogens is 464 g/mol. The molecule has 0 aliphatic carbocycles. The van der Waals surface area contributed by atoms with E-state index in [-0.39, 0.29) is 23.0 Å². The fourth-order valence-corrected chi connectivity index (χ4v) is 5.34. The van der Waals surface area contributed by atoms with E-state index in [4.69, 9.17) is 9.47 Å². The van der Waals surface area contributed by atoms with Crippen LogP contribution >= 0.6 is 0 Å². The van der Waals surface area contributed by atoms with Gasteiger partial charge in [-0.15, -0.1) is 0 Å². The average molecular weight is 495 g/mol. The number of hydrogen-bond acceptors (Lipinski definition) is 6. The molecule has 0 spiro atoms. The molecular formula is C27H30N2O5S. The highest BCUT2D eigenvalue weighted by Gasteiger charge is 2.30. The highest BCUT2D eigenvalue weighted by molar-refractivity contribution is 7.92. The van der Waals surface area contributed by atoms with Crippen LogP contribution in [0.15, 0.2) is 65.6 Å². The van der Waals surface area contributed by atoms with Gasteiger partial charge in [0, 0.05) is 30.0 Å². The molecule has 8 heteroatoms. The Balaban J connectivity index is 1.61. The topological polar surface area (TPSA) is 93.7 Å². The van der Waals surface area contributed by atoms with Crippen LogP contribution in [0.4, 0.5) is 11.4 Å². The van der Waals surface area contributed by atoms with Crippen LogP contribution in [0.25, 0.3) is 0 Å². The van der Waals surface area contributed by atoms with Crippen molar-refractivity contribution in [2.24, 2.45) is 0 Å². The number of carbonyl (C=O) groups excluding carboxylic acids is 1. The first-order valence-electron chi connectivity index (χ1n) is 11.5. The zero-order valence-corrected chi connectivity index (χ0v) is 21.1. The lowest BCUT2D eigenvalue weighted by molar-refractivity contribution is 0.0497. The molecule has 1 aliphatic heterocycles. The highest BCUT2D eigenvalue weighted by Crippen LogP contribution is 2.42. The van der Waals surface area contributed by atoms with Crippen molar-refractivity contribution in [1.82, 2.24) is 0 Å². The van der Waals surface area contributed by atoms with Crippen molar-refractivity contribution in [3.05, 3.63) is 88.5 Å². The van der Waals surface area contributed by atoms with Crippen LogP contribution in [-0.2, 0) is 19.5 Å². The van der Waals surface area contributed by atoms with E-state index in [1.165, 1.54) is 7.11 Å². The van der Waals surface area contributed by atoms with Crippen molar-refractivity contribution in [2.45, 2.75) is 44.2 Å². The maximum atomic E-state index is 13.1. The number of rotatable bonds is 7. The van der Waals surface area contributed by atoms with Gasteiger partial charge in [-0.2, -0.15) is 0 Å². The van der Waals surface area contributed by atoms with Crippen LogP contribution in [0, 0.1) is 13.8 Å². The minimum Gasteiger partial charge on any atom is -0.465 e. The number of nitrogens with one attached hydrogen (secondary N) is 2. The molecule has 7 nitrogen and oxygen atoms in total. The molecule has 0 amide bonds. The molecule has 0 fully saturated rings. The lowest BCUT2D eigenvalue weighted by Gasteiger charge is -2.33. The SMILES string of the molecule is CCO[C@H]1C[C@H](c2ccc(C(=O)OC)cc2)Nc2ccc(S(=O)(=O)Nc3ccc(C)c(C)c3)cc21. The maximum Gasteiger partial charge on any atom is 0.337 e. The minimum atomic E-state index is -3.77. The van der Waals surface area contributed by atoms with Gasteiger partial charge in [0.15, 0.2) is 0 Å². The fraction of sp³-hybridized carbons (Fsp3) is 0.296. The largest absolute Gasteiger partial charge is 0.465 e. The van der Waals surface area contributed by atoms with Gasteiger partial charge in [-0.1, -0.05) is 18.2 Å². The Bertz CT molecular complexity index is 1340. The predicted molar refractivity (Wildman–Crippen MR) is 136 cm³/mol. The van der Waals surface area contributed by atoms with Gasteiger partial charge in [-0.05, 0) is 79.9 Å². The van der Waals surface area contributed by atoms with Crippen molar-refractivity contribution >= 4 is 27.4 Å². The van der Waals surface area contributed by atoms with Gasteiger partial charge in [0.25, 0.3) is 10.0 Å². The van der Waals surface area contributed by atoms with Crippen LogP contribution in [-0.4, -0.2) is 28.1 Å². The third-order valence-corrected chi connectivity index (χ3v) is 7.70. The summed E-state index contributed by atoms with van der Waals surface area (Å²) in [5, 5.41) is 3.49. The highest BCUT2D eigenvalue weighted by atomic mass is 32.2. The molecule has 2 atom stereocenters. The number of carbonyl (C=O) groups is 1. The Morgan fingerprint density at radius 3 is 2.43 bits per heavy atom. The Morgan fingerprint density at radius 1 is 1.03 bits per heavy atom. The monoisotopic (exact) mass is 494 g/mol. The third kappa shape index (κ3) is 5.33. The second-order valence-corrected chi connectivity index (χ2v) is 10.3. The number of esters is 1. The molecule has 35 heavy (non-hydrogen) atoms. The Kier molecular flexibility index (Phi) is 7.14. The molecule has 0 aromatic heterocycles. The molecule has 4 rings (SSSR count). The normalized spacial score (nSPS) is 17.3. The summed E-state index contributed by atoms with van der Waals surface area (Å²) in [7, 11) is -2.42. The zero-order chi connectivity index (χ0) is 25.2. The second-order valence-electron chi connectivity index (χ2n) is 8.64. The second kappa shape index (κ2) is 10.1. The lowest BCUT2D eigenvalue weighted by Crippen LogP contribution is -2.24. The van der Waals surface area contributed by atoms with Gasteiger partial charge < -0.3 is 14.8 Å². The van der Waals surface area contributed by atoms with E-state index in [1.54, 1.807) is 36.4 Å². The number of anilines is 2. The summed E-state index contributed by atoms with van der Waals surface area (Å²) >= 11 is 0. The summed E-state index contributed by atoms with van der Waals surface area (Å²) in [5.74, 6) is -0.381. The van der Waals surface area contributed by atoms with Crippen molar-refractivity contribution in [3.8, 4) is 0 Å². The van der Waals surface area contributed by atoms with Crippen molar-refractivity contribution in [3.63, 3.8) is 0 Å². The first kappa shape index (κ1) is 24.8. The number of hydrogen-bond donors (Lipinski definition) is 2. The number of ether oxygens (including phenoxy) is 2. The van der Waals surface area contributed by atoms with Gasteiger partial charge >= 0.3 is 5.97 Å². The molecule has 3 aromatic carbocycles. The molecule has 2 N–H and O–H groups in total. The van der Waals surface area contributed by atoms with Crippen LogP contribution in [0.3, 0.4) is 0 Å². The molecule has 0 bridgehead atoms. The van der Waals surface area contributed by atoms with Crippen molar-refractivity contribution in [1.29, 1.82) is 0 Å². The zero-order valence-electron chi connectivity index (χ0n) is 20.3. The van der Waals surface area contributed by atoms with Crippen LogP contribution < -0.4 is 10.0 Å². The summed E-state index contributed by atoms with van der Waals surface area (Å²) in [6, 6.07) is 17.8. The Hall–Kier alpha value is -3.36. The smallest absolute Gasteiger partial charge is 0.337 e. The number of aryl methyl sites for hydroxylation is 2. The van der Waals surface area contributed by atoms with E-state index in [1.807, 2.05) is 45.0 Å². The number of benzene rings is 3. The van der Waals surface area contributed by atoms with Gasteiger partial charge in [0.1, 0.15) is 0 Å².